The van der Waals surface area contributed by atoms with Gasteiger partial charge >= 0.3 is 6.03 Å². The van der Waals surface area contributed by atoms with E-state index in [1.807, 2.05) is 51.7 Å². The predicted octanol–water partition coefficient (Wildman–Crippen LogP) is 3.45. The van der Waals surface area contributed by atoms with Gasteiger partial charge in [-0.25, -0.2) is 4.79 Å². The van der Waals surface area contributed by atoms with Crippen molar-refractivity contribution in [1.82, 2.24) is 9.80 Å². The first kappa shape index (κ1) is 18.8. The van der Waals surface area contributed by atoms with Gasteiger partial charge in [0.15, 0.2) is 0 Å². The van der Waals surface area contributed by atoms with Gasteiger partial charge in [-0.3, -0.25) is 14.6 Å². The van der Waals surface area contributed by atoms with E-state index in [-0.39, 0.29) is 18.0 Å². The van der Waals surface area contributed by atoms with Gasteiger partial charge < -0.3 is 9.64 Å². The summed E-state index contributed by atoms with van der Waals surface area (Å²) in [5.74, 6) is 0.472. The smallest absolute Gasteiger partial charge is 0.336 e. The fourth-order valence-corrected chi connectivity index (χ4v) is 2.77. The molecule has 0 saturated carbocycles. The monoisotopic (exact) mass is 345 g/mol. The number of nitrogens with zero attached hydrogens (tertiary/aromatic N) is 3. The highest BCUT2D eigenvalue weighted by Gasteiger charge is 2.43. The van der Waals surface area contributed by atoms with E-state index in [1.54, 1.807) is 18.3 Å². The molecule has 0 radical (unpaired) electrons. The molecule has 0 aliphatic carbocycles. The molecule has 0 aromatic heterocycles. The molecule has 1 aromatic rings. The molecule has 6 nitrogen and oxygen atoms in total. The van der Waals surface area contributed by atoms with Crippen molar-refractivity contribution in [1.29, 1.82) is 0 Å². The first-order chi connectivity index (χ1) is 11.9. The van der Waals surface area contributed by atoms with Crippen LogP contribution in [0.5, 0.6) is 5.75 Å². The molecule has 2 rings (SSSR count). The number of ether oxygens (including phenoxy) is 1. The van der Waals surface area contributed by atoms with Gasteiger partial charge in [-0.2, -0.15) is 0 Å². The van der Waals surface area contributed by atoms with Crippen molar-refractivity contribution in [3.8, 4) is 5.75 Å². The zero-order chi connectivity index (χ0) is 18.6. The summed E-state index contributed by atoms with van der Waals surface area (Å²) in [6, 6.07) is 6.70. The van der Waals surface area contributed by atoms with Crippen LogP contribution in [0.15, 0.2) is 36.2 Å². The van der Waals surface area contributed by atoms with Gasteiger partial charge in [0.25, 0.3) is 5.91 Å². The van der Waals surface area contributed by atoms with Crippen LogP contribution in [0.2, 0.25) is 0 Å². The van der Waals surface area contributed by atoms with E-state index in [9.17, 15) is 9.59 Å². The standard InChI is InChI=1S/C19H27N3O3/c1-6-20(7-2)13-17-18(23)21(14(4)5)19(24)22(17)15-9-11-16(12-10-15)25-8-3/h9-14H,6-8H2,1-5H3/b17-13-. The Bertz CT molecular complexity index is 648. The molecule has 0 N–H and O–H groups in total. The van der Waals surface area contributed by atoms with Crippen LogP contribution in [0.1, 0.15) is 34.6 Å². The normalized spacial score (nSPS) is 16.3. The topological polar surface area (TPSA) is 53.1 Å². The number of hydrogen-bond donors (Lipinski definition) is 0. The number of carbonyl (C=O) groups is 2. The molecule has 1 fully saturated rings. The second-order valence-electron chi connectivity index (χ2n) is 6.05. The van der Waals surface area contributed by atoms with E-state index in [4.69, 9.17) is 4.74 Å². The molecule has 1 saturated heterocycles. The highest BCUT2D eigenvalue weighted by molar-refractivity contribution is 6.21. The summed E-state index contributed by atoms with van der Waals surface area (Å²) in [4.78, 5) is 30.5. The van der Waals surface area contributed by atoms with E-state index >= 15 is 0 Å². The van der Waals surface area contributed by atoms with Gasteiger partial charge in [0.2, 0.25) is 0 Å². The third-order valence-electron chi connectivity index (χ3n) is 4.12. The maximum Gasteiger partial charge on any atom is 0.336 e. The second kappa shape index (κ2) is 8.05. The van der Waals surface area contributed by atoms with Crippen molar-refractivity contribution < 1.29 is 14.3 Å². The Morgan fingerprint density at radius 3 is 2.16 bits per heavy atom. The van der Waals surface area contributed by atoms with Gasteiger partial charge in [0, 0.05) is 25.3 Å². The molecule has 1 aliphatic rings. The van der Waals surface area contributed by atoms with Gasteiger partial charge in [-0.05, 0) is 58.9 Å². The molecular weight excluding hydrogens is 318 g/mol. The molecular formula is C19H27N3O3. The fourth-order valence-electron chi connectivity index (χ4n) is 2.77. The van der Waals surface area contributed by atoms with Gasteiger partial charge in [0.05, 0.1) is 12.3 Å². The fraction of sp³-hybridized carbons (Fsp3) is 0.474. The van der Waals surface area contributed by atoms with Crippen molar-refractivity contribution in [2.24, 2.45) is 0 Å². The van der Waals surface area contributed by atoms with E-state index < -0.39 is 0 Å². The van der Waals surface area contributed by atoms with Crippen LogP contribution >= 0.6 is 0 Å². The van der Waals surface area contributed by atoms with Crippen molar-refractivity contribution in [2.45, 2.75) is 40.7 Å². The largest absolute Gasteiger partial charge is 0.494 e. The minimum Gasteiger partial charge on any atom is -0.494 e. The van der Waals surface area contributed by atoms with Crippen LogP contribution < -0.4 is 9.64 Å². The SMILES string of the molecule is CCOc1ccc(N2C(=O)N(C(C)C)C(=O)/C2=C/N(CC)CC)cc1. The van der Waals surface area contributed by atoms with Crippen LogP contribution in [-0.2, 0) is 4.79 Å². The lowest BCUT2D eigenvalue weighted by atomic mass is 10.2. The average Bonchev–Trinajstić information content (AvgIpc) is 2.83. The molecule has 3 amide bonds. The summed E-state index contributed by atoms with van der Waals surface area (Å²) < 4.78 is 5.45. The second-order valence-corrected chi connectivity index (χ2v) is 6.05. The number of benzene rings is 1. The van der Waals surface area contributed by atoms with Crippen LogP contribution in [-0.4, -0.2) is 47.5 Å². The van der Waals surface area contributed by atoms with Gasteiger partial charge in [-0.15, -0.1) is 0 Å². The Morgan fingerprint density at radius 2 is 1.68 bits per heavy atom. The van der Waals surface area contributed by atoms with Crippen molar-refractivity contribution in [3.05, 3.63) is 36.2 Å². The Labute approximate surface area is 149 Å². The number of amides is 3. The third kappa shape index (κ3) is 3.78. The molecule has 1 heterocycles. The molecule has 1 aromatic carbocycles. The summed E-state index contributed by atoms with van der Waals surface area (Å²) in [6.45, 7) is 11.7. The minimum absolute atomic E-state index is 0.201. The highest BCUT2D eigenvalue weighted by Crippen LogP contribution is 2.31. The minimum atomic E-state index is -0.317. The predicted molar refractivity (Wildman–Crippen MR) is 98.5 cm³/mol. The molecule has 6 heteroatoms. The Balaban J connectivity index is 2.46. The zero-order valence-corrected chi connectivity index (χ0v) is 15.7. The summed E-state index contributed by atoms with van der Waals surface area (Å²) in [6.07, 6.45) is 1.78. The quantitative estimate of drug-likeness (QED) is 0.561. The van der Waals surface area contributed by atoms with Crippen LogP contribution in [0.4, 0.5) is 10.5 Å². The summed E-state index contributed by atoms with van der Waals surface area (Å²) in [5, 5.41) is 0. The maximum absolute atomic E-state index is 12.9. The number of urea groups is 1. The molecule has 0 spiro atoms. The first-order valence-electron chi connectivity index (χ1n) is 8.80. The lowest BCUT2D eigenvalue weighted by Gasteiger charge is -2.21. The Morgan fingerprint density at radius 1 is 1.08 bits per heavy atom. The van der Waals surface area contributed by atoms with Crippen molar-refractivity contribution >= 4 is 17.6 Å². The molecule has 0 atom stereocenters. The van der Waals surface area contributed by atoms with Crippen LogP contribution in [0, 0.1) is 0 Å². The van der Waals surface area contributed by atoms with E-state index in [0.29, 0.717) is 18.0 Å². The Hall–Kier alpha value is -2.50. The summed E-state index contributed by atoms with van der Waals surface area (Å²) in [7, 11) is 0. The summed E-state index contributed by atoms with van der Waals surface area (Å²) >= 11 is 0. The van der Waals surface area contributed by atoms with Gasteiger partial charge in [0.1, 0.15) is 11.4 Å². The molecule has 136 valence electrons. The Kier molecular flexibility index (Phi) is 6.07. The number of imide groups is 1. The van der Waals surface area contributed by atoms with Crippen molar-refractivity contribution in [3.63, 3.8) is 0 Å². The van der Waals surface area contributed by atoms with Crippen LogP contribution in [0.25, 0.3) is 0 Å². The zero-order valence-electron chi connectivity index (χ0n) is 15.7. The summed E-state index contributed by atoms with van der Waals surface area (Å²) in [5.41, 5.74) is 1.04. The maximum atomic E-state index is 12.9. The molecule has 1 aliphatic heterocycles. The highest BCUT2D eigenvalue weighted by atomic mass is 16.5. The average molecular weight is 345 g/mol. The van der Waals surface area contributed by atoms with Gasteiger partial charge in [-0.1, -0.05) is 0 Å². The number of anilines is 1. The molecule has 0 unspecified atom stereocenters. The third-order valence-corrected chi connectivity index (χ3v) is 4.12. The number of rotatable bonds is 7. The van der Waals surface area contributed by atoms with Crippen LogP contribution in [0.3, 0.4) is 0 Å². The molecule has 0 bridgehead atoms. The van der Waals surface area contributed by atoms with E-state index in [0.717, 1.165) is 18.8 Å². The van der Waals surface area contributed by atoms with Crippen molar-refractivity contribution in [2.75, 3.05) is 24.6 Å². The lowest BCUT2D eigenvalue weighted by molar-refractivity contribution is -0.124. The molecule has 25 heavy (non-hydrogen) atoms. The lowest BCUT2D eigenvalue weighted by Crippen LogP contribution is -2.38. The number of hydrogen-bond acceptors (Lipinski definition) is 4. The number of carbonyl (C=O) groups excluding carboxylic acids is 2. The van der Waals surface area contributed by atoms with E-state index in [2.05, 4.69) is 0 Å². The first-order valence-corrected chi connectivity index (χ1v) is 8.80. The van der Waals surface area contributed by atoms with E-state index in [1.165, 1.54) is 9.80 Å².